The first-order chi connectivity index (χ1) is 9.95. The molecule has 2 aromatic rings. The average Bonchev–Trinajstić information content (AvgIpc) is 2.42. The van der Waals surface area contributed by atoms with Gasteiger partial charge in [0.1, 0.15) is 11.6 Å². The summed E-state index contributed by atoms with van der Waals surface area (Å²) in [4.78, 5) is 0. The number of ether oxygens (including phenoxy) is 1. The van der Waals surface area contributed by atoms with Crippen molar-refractivity contribution in [2.75, 3.05) is 5.32 Å². The number of benzene rings is 2. The number of hydrogen-bond acceptors (Lipinski definition) is 2. The lowest BCUT2D eigenvalue weighted by Crippen LogP contribution is -2.08. The van der Waals surface area contributed by atoms with Gasteiger partial charge in [-0.25, -0.2) is 4.39 Å². The quantitative estimate of drug-likeness (QED) is 0.744. The summed E-state index contributed by atoms with van der Waals surface area (Å²) in [7, 11) is 0. The molecule has 0 saturated heterocycles. The summed E-state index contributed by atoms with van der Waals surface area (Å²) in [6, 6.07) is 8.69. The molecule has 0 radical (unpaired) electrons. The smallest absolute Gasteiger partial charge is 0.387 e. The Morgan fingerprint density at radius 2 is 1.95 bits per heavy atom. The second-order valence-corrected chi connectivity index (χ2v) is 5.46. The summed E-state index contributed by atoms with van der Waals surface area (Å²) in [5, 5.41) is 3.20. The van der Waals surface area contributed by atoms with Crippen LogP contribution in [-0.2, 0) is 6.54 Å². The molecule has 21 heavy (non-hydrogen) atoms. The molecule has 0 aliphatic carbocycles. The Morgan fingerprint density at radius 3 is 2.67 bits per heavy atom. The molecule has 2 nitrogen and oxygen atoms in total. The van der Waals surface area contributed by atoms with Gasteiger partial charge in [0.05, 0.1) is 5.69 Å². The molecule has 0 unspecified atom stereocenters. The molecular weight excluding hydrogens is 371 g/mol. The van der Waals surface area contributed by atoms with Crippen molar-refractivity contribution in [3.63, 3.8) is 0 Å². The summed E-state index contributed by atoms with van der Waals surface area (Å²) < 4.78 is 43.4. The first-order valence-electron chi connectivity index (χ1n) is 5.88. The molecule has 0 fully saturated rings. The molecule has 0 aliphatic rings. The van der Waals surface area contributed by atoms with Crippen LogP contribution in [0.15, 0.2) is 40.9 Å². The van der Waals surface area contributed by atoms with Crippen LogP contribution < -0.4 is 10.1 Å². The highest BCUT2D eigenvalue weighted by Gasteiger charge is 2.11. The fourth-order valence-corrected chi connectivity index (χ4v) is 2.28. The number of anilines is 1. The number of rotatable bonds is 5. The van der Waals surface area contributed by atoms with Crippen LogP contribution in [0.1, 0.15) is 5.56 Å². The molecule has 0 bridgehead atoms. The van der Waals surface area contributed by atoms with Crippen molar-refractivity contribution in [2.24, 2.45) is 0 Å². The number of nitrogens with one attached hydrogen (secondary N) is 1. The predicted molar refractivity (Wildman–Crippen MR) is 79.5 cm³/mol. The number of hydrogen-bond donors (Lipinski definition) is 1. The van der Waals surface area contributed by atoms with E-state index in [4.69, 9.17) is 11.6 Å². The molecule has 2 aromatic carbocycles. The van der Waals surface area contributed by atoms with Gasteiger partial charge in [-0.2, -0.15) is 8.78 Å². The minimum Gasteiger partial charge on any atom is -0.434 e. The van der Waals surface area contributed by atoms with Gasteiger partial charge in [-0.05, 0) is 36.4 Å². The molecule has 0 saturated carbocycles. The van der Waals surface area contributed by atoms with Crippen LogP contribution in [0.25, 0.3) is 0 Å². The number of alkyl halides is 2. The average molecular weight is 381 g/mol. The second kappa shape index (κ2) is 7.04. The van der Waals surface area contributed by atoms with E-state index in [0.717, 1.165) is 0 Å². The Hall–Kier alpha value is -1.40. The Labute approximate surface area is 133 Å². The Morgan fingerprint density at radius 1 is 1.19 bits per heavy atom. The van der Waals surface area contributed by atoms with E-state index in [1.165, 1.54) is 24.3 Å². The third-order valence-corrected chi connectivity index (χ3v) is 3.36. The van der Waals surface area contributed by atoms with Gasteiger partial charge in [-0.1, -0.05) is 27.5 Å². The highest BCUT2D eigenvalue weighted by molar-refractivity contribution is 9.10. The van der Waals surface area contributed by atoms with E-state index in [1.54, 1.807) is 12.1 Å². The van der Waals surface area contributed by atoms with Gasteiger partial charge < -0.3 is 10.1 Å². The minimum absolute atomic E-state index is 0.00250. The van der Waals surface area contributed by atoms with E-state index >= 15 is 0 Å². The van der Waals surface area contributed by atoms with Crippen LogP contribution in [0.3, 0.4) is 0 Å². The Kier molecular flexibility index (Phi) is 5.36. The van der Waals surface area contributed by atoms with Gasteiger partial charge in [0.2, 0.25) is 0 Å². The summed E-state index contributed by atoms with van der Waals surface area (Å²) >= 11 is 9.07. The van der Waals surface area contributed by atoms with E-state index < -0.39 is 12.4 Å². The van der Waals surface area contributed by atoms with E-state index in [9.17, 15) is 13.2 Å². The van der Waals surface area contributed by atoms with Gasteiger partial charge in [-0.15, -0.1) is 0 Å². The SMILES string of the molecule is Fc1ccc(Br)cc1NCc1cc(Cl)ccc1OC(F)F. The standard InChI is InChI=1S/C14H10BrClF3NO/c15-9-1-3-11(17)12(6-9)20-7-8-5-10(16)2-4-13(8)21-14(18)19/h1-6,14,20H,7H2. The Bertz CT molecular complexity index is 640. The maximum absolute atomic E-state index is 13.6. The fraction of sp³-hybridized carbons (Fsp3) is 0.143. The molecule has 0 atom stereocenters. The van der Waals surface area contributed by atoms with Crippen LogP contribution in [0.4, 0.5) is 18.9 Å². The predicted octanol–water partition coefficient (Wildman–Crippen LogP) is 5.46. The molecule has 2 rings (SSSR count). The summed E-state index contributed by atoms with van der Waals surface area (Å²) in [5.74, 6) is -0.450. The zero-order valence-corrected chi connectivity index (χ0v) is 12.9. The monoisotopic (exact) mass is 379 g/mol. The molecule has 0 amide bonds. The molecular formula is C14H10BrClF3NO. The van der Waals surface area contributed by atoms with Gasteiger partial charge in [0.15, 0.2) is 0 Å². The Balaban J connectivity index is 2.18. The van der Waals surface area contributed by atoms with Gasteiger partial charge in [-0.3, -0.25) is 0 Å². The highest BCUT2D eigenvalue weighted by atomic mass is 79.9. The lowest BCUT2D eigenvalue weighted by Gasteiger charge is -2.13. The van der Waals surface area contributed by atoms with Crippen molar-refractivity contribution in [3.05, 3.63) is 57.3 Å². The van der Waals surface area contributed by atoms with E-state index in [1.807, 2.05) is 0 Å². The molecule has 1 N–H and O–H groups in total. The van der Waals surface area contributed by atoms with Crippen LogP contribution in [0, 0.1) is 5.82 Å². The van der Waals surface area contributed by atoms with Crippen LogP contribution in [-0.4, -0.2) is 6.61 Å². The van der Waals surface area contributed by atoms with Gasteiger partial charge in [0.25, 0.3) is 0 Å². The number of halogens is 5. The van der Waals surface area contributed by atoms with Crippen molar-refractivity contribution < 1.29 is 17.9 Å². The second-order valence-electron chi connectivity index (χ2n) is 4.11. The molecule has 112 valence electrons. The van der Waals surface area contributed by atoms with E-state index in [-0.39, 0.29) is 18.0 Å². The van der Waals surface area contributed by atoms with Gasteiger partial charge >= 0.3 is 6.61 Å². The maximum atomic E-state index is 13.6. The topological polar surface area (TPSA) is 21.3 Å². The van der Waals surface area contributed by atoms with Crippen molar-refractivity contribution >= 4 is 33.2 Å². The van der Waals surface area contributed by atoms with Crippen molar-refractivity contribution in [2.45, 2.75) is 13.2 Å². The highest BCUT2D eigenvalue weighted by Crippen LogP contribution is 2.26. The van der Waals surface area contributed by atoms with Crippen molar-refractivity contribution in [1.82, 2.24) is 0 Å². The minimum atomic E-state index is -2.94. The summed E-state index contributed by atoms with van der Waals surface area (Å²) in [5.41, 5.74) is 0.648. The van der Waals surface area contributed by atoms with Crippen LogP contribution in [0.2, 0.25) is 5.02 Å². The van der Waals surface area contributed by atoms with Crippen molar-refractivity contribution in [1.29, 1.82) is 0 Å². The lowest BCUT2D eigenvalue weighted by molar-refractivity contribution is -0.0504. The molecule has 0 aromatic heterocycles. The van der Waals surface area contributed by atoms with E-state index in [0.29, 0.717) is 15.1 Å². The molecule has 7 heteroatoms. The van der Waals surface area contributed by atoms with Crippen LogP contribution in [0.5, 0.6) is 5.75 Å². The fourth-order valence-electron chi connectivity index (χ4n) is 1.72. The first-order valence-corrected chi connectivity index (χ1v) is 7.05. The first kappa shape index (κ1) is 16.0. The van der Waals surface area contributed by atoms with Gasteiger partial charge in [0, 0.05) is 21.6 Å². The van der Waals surface area contributed by atoms with Crippen molar-refractivity contribution in [3.8, 4) is 5.75 Å². The third kappa shape index (κ3) is 4.54. The molecule has 0 heterocycles. The largest absolute Gasteiger partial charge is 0.434 e. The third-order valence-electron chi connectivity index (χ3n) is 2.64. The van der Waals surface area contributed by atoms with E-state index in [2.05, 4.69) is 26.0 Å². The van der Waals surface area contributed by atoms with Crippen LogP contribution >= 0.6 is 27.5 Å². The lowest BCUT2D eigenvalue weighted by atomic mass is 10.2. The zero-order valence-electron chi connectivity index (χ0n) is 10.5. The summed E-state index contributed by atoms with van der Waals surface area (Å²) in [6.45, 7) is -2.84. The summed E-state index contributed by atoms with van der Waals surface area (Å²) in [6.07, 6.45) is 0. The normalized spacial score (nSPS) is 10.8. The molecule has 0 spiro atoms. The maximum Gasteiger partial charge on any atom is 0.387 e. The zero-order chi connectivity index (χ0) is 15.4. The molecule has 0 aliphatic heterocycles.